The number of amides is 1. The maximum absolute atomic E-state index is 12.2. The molecule has 1 aliphatic carbocycles. The number of likely N-dealkylation sites (N-methyl/N-ethyl adjacent to an activating group) is 1. The maximum Gasteiger partial charge on any atom is 0.235 e. The second kappa shape index (κ2) is 6.23. The molecule has 1 aromatic heterocycles. The quantitative estimate of drug-likeness (QED) is 0.867. The van der Waals surface area contributed by atoms with E-state index in [0.717, 1.165) is 18.5 Å². The highest BCUT2D eigenvalue weighted by Gasteiger charge is 2.43. The lowest BCUT2D eigenvalue weighted by atomic mass is 9.98. The second-order valence-corrected chi connectivity index (χ2v) is 5.98. The molecule has 2 atom stereocenters. The first-order valence-corrected chi connectivity index (χ1v) is 7.29. The smallest absolute Gasteiger partial charge is 0.235 e. The number of pyridine rings is 1. The normalized spacial score (nSPS) is 18.6. The van der Waals surface area contributed by atoms with Crippen LogP contribution in [0.4, 0.5) is 0 Å². The van der Waals surface area contributed by atoms with Gasteiger partial charge in [0.2, 0.25) is 5.91 Å². The number of hydrogen-bond donors (Lipinski definition) is 1. The number of carbonyl (C=O) groups excluding carboxylic acids is 1. The largest absolute Gasteiger partial charge is 0.337 e. The molecule has 0 saturated heterocycles. The molecule has 1 aromatic rings. The van der Waals surface area contributed by atoms with Crippen molar-refractivity contribution in [1.82, 2.24) is 15.2 Å². The van der Waals surface area contributed by atoms with E-state index in [-0.39, 0.29) is 18.5 Å². The Hall–Kier alpha value is -1.93. The molecule has 5 heteroatoms. The first-order chi connectivity index (χ1) is 9.96. The molecule has 2 unspecified atom stereocenters. The molecule has 2 rings (SSSR count). The van der Waals surface area contributed by atoms with Gasteiger partial charge in [0.05, 0.1) is 18.3 Å². The Balaban J connectivity index is 1.92. The molecule has 0 aromatic carbocycles. The summed E-state index contributed by atoms with van der Waals surface area (Å²) < 4.78 is 0. The zero-order valence-electron chi connectivity index (χ0n) is 12.8. The van der Waals surface area contributed by atoms with E-state index in [0.29, 0.717) is 5.92 Å². The van der Waals surface area contributed by atoms with Crippen molar-refractivity contribution in [3.63, 3.8) is 0 Å². The third-order valence-corrected chi connectivity index (χ3v) is 4.20. The number of nitrogens with one attached hydrogen (secondary N) is 1. The summed E-state index contributed by atoms with van der Waals surface area (Å²) in [6.07, 6.45) is 3.79. The van der Waals surface area contributed by atoms with Gasteiger partial charge in [0, 0.05) is 12.2 Å². The van der Waals surface area contributed by atoms with Gasteiger partial charge >= 0.3 is 0 Å². The van der Waals surface area contributed by atoms with Gasteiger partial charge in [-0.1, -0.05) is 6.07 Å². The third kappa shape index (κ3) is 3.79. The van der Waals surface area contributed by atoms with Gasteiger partial charge in [-0.05, 0) is 51.8 Å². The lowest BCUT2D eigenvalue weighted by Gasteiger charge is -2.27. The predicted octanol–water partition coefficient (Wildman–Crippen LogP) is 1.88. The molecule has 1 amide bonds. The Morgan fingerprint density at radius 2 is 2.33 bits per heavy atom. The van der Waals surface area contributed by atoms with Crippen LogP contribution in [0.25, 0.3) is 0 Å². The average molecular weight is 286 g/mol. The Morgan fingerprint density at radius 1 is 1.62 bits per heavy atom. The molecule has 0 aliphatic heterocycles. The van der Waals surface area contributed by atoms with Gasteiger partial charge in [0.15, 0.2) is 0 Å². The number of nitrogens with zero attached hydrogens (tertiary/aromatic N) is 3. The number of rotatable bonds is 6. The molecule has 5 nitrogen and oxygen atoms in total. The predicted molar refractivity (Wildman–Crippen MR) is 80.2 cm³/mol. The van der Waals surface area contributed by atoms with Crippen LogP contribution in [0, 0.1) is 17.2 Å². The van der Waals surface area contributed by atoms with Crippen LogP contribution in [-0.4, -0.2) is 34.9 Å². The summed E-state index contributed by atoms with van der Waals surface area (Å²) in [6.45, 7) is 4.08. The molecule has 1 N–H and O–H groups in total. The van der Waals surface area contributed by atoms with Crippen LogP contribution in [0.5, 0.6) is 0 Å². The van der Waals surface area contributed by atoms with Crippen molar-refractivity contribution in [1.29, 1.82) is 5.26 Å². The molecule has 1 fully saturated rings. The summed E-state index contributed by atoms with van der Waals surface area (Å²) in [7, 11) is 1.89. The Labute approximate surface area is 126 Å². The van der Waals surface area contributed by atoms with Crippen LogP contribution >= 0.6 is 0 Å². The Morgan fingerprint density at radius 3 is 2.86 bits per heavy atom. The minimum Gasteiger partial charge on any atom is -0.337 e. The van der Waals surface area contributed by atoms with E-state index in [1.54, 1.807) is 6.20 Å². The average Bonchev–Trinajstić information content (AvgIpc) is 3.32. The van der Waals surface area contributed by atoms with Crippen molar-refractivity contribution in [2.24, 2.45) is 5.92 Å². The molecule has 112 valence electrons. The second-order valence-electron chi connectivity index (χ2n) is 5.98. The lowest BCUT2D eigenvalue weighted by Crippen LogP contribution is -2.50. The molecule has 0 bridgehead atoms. The topological polar surface area (TPSA) is 69.0 Å². The van der Waals surface area contributed by atoms with Crippen molar-refractivity contribution in [2.75, 3.05) is 13.6 Å². The molecule has 0 spiro atoms. The molecule has 1 saturated carbocycles. The minimum absolute atomic E-state index is 0.0474. The van der Waals surface area contributed by atoms with E-state index in [2.05, 4.69) is 16.4 Å². The van der Waals surface area contributed by atoms with Crippen LogP contribution in [0.15, 0.2) is 24.4 Å². The first-order valence-electron chi connectivity index (χ1n) is 7.29. The fraction of sp³-hybridized carbons (Fsp3) is 0.562. The van der Waals surface area contributed by atoms with Gasteiger partial charge < -0.3 is 5.32 Å². The van der Waals surface area contributed by atoms with Gasteiger partial charge in [0.25, 0.3) is 0 Å². The lowest BCUT2D eigenvalue weighted by molar-refractivity contribution is -0.123. The summed E-state index contributed by atoms with van der Waals surface area (Å²) in [5, 5.41) is 12.2. The molecule has 21 heavy (non-hydrogen) atoms. The van der Waals surface area contributed by atoms with Crippen LogP contribution in [0.2, 0.25) is 0 Å². The van der Waals surface area contributed by atoms with E-state index in [9.17, 15) is 10.1 Å². The van der Waals surface area contributed by atoms with Crippen LogP contribution in [0.3, 0.4) is 0 Å². The van der Waals surface area contributed by atoms with Crippen molar-refractivity contribution in [3.05, 3.63) is 30.1 Å². The summed E-state index contributed by atoms with van der Waals surface area (Å²) >= 11 is 0. The van der Waals surface area contributed by atoms with E-state index in [1.807, 2.05) is 44.0 Å². The Bertz CT molecular complexity index is 535. The van der Waals surface area contributed by atoms with Gasteiger partial charge in [-0.15, -0.1) is 0 Å². The highest BCUT2D eigenvalue weighted by Crippen LogP contribution is 2.39. The van der Waals surface area contributed by atoms with Gasteiger partial charge in [-0.3, -0.25) is 14.7 Å². The van der Waals surface area contributed by atoms with Gasteiger partial charge in [-0.25, -0.2) is 0 Å². The standard InChI is InChI=1S/C16H22N4O/c1-12(14-6-4-5-9-18-14)20(3)10-15(21)19-16(2,11-17)13-7-8-13/h4-6,9,12-13H,7-8,10H2,1-3H3,(H,19,21). The van der Waals surface area contributed by atoms with Crippen molar-refractivity contribution >= 4 is 5.91 Å². The summed E-state index contributed by atoms with van der Waals surface area (Å²) in [6, 6.07) is 8.05. The maximum atomic E-state index is 12.2. The van der Waals surface area contributed by atoms with E-state index in [1.165, 1.54) is 0 Å². The van der Waals surface area contributed by atoms with Crippen molar-refractivity contribution < 1.29 is 4.79 Å². The zero-order valence-corrected chi connectivity index (χ0v) is 12.8. The molecule has 1 heterocycles. The van der Waals surface area contributed by atoms with Crippen LogP contribution in [-0.2, 0) is 4.79 Å². The highest BCUT2D eigenvalue weighted by atomic mass is 16.2. The fourth-order valence-electron chi connectivity index (χ4n) is 2.42. The minimum atomic E-state index is -0.730. The summed E-state index contributed by atoms with van der Waals surface area (Å²) in [5.41, 5.74) is 0.199. The fourth-order valence-corrected chi connectivity index (χ4v) is 2.42. The number of nitriles is 1. The molecular formula is C16H22N4O. The van der Waals surface area contributed by atoms with Crippen LogP contribution < -0.4 is 5.32 Å². The highest BCUT2D eigenvalue weighted by molar-refractivity contribution is 5.79. The van der Waals surface area contributed by atoms with Crippen molar-refractivity contribution in [2.45, 2.75) is 38.3 Å². The van der Waals surface area contributed by atoms with Crippen LogP contribution in [0.1, 0.15) is 38.4 Å². The Kier molecular flexibility index (Phi) is 4.59. The molecular weight excluding hydrogens is 264 g/mol. The zero-order chi connectivity index (χ0) is 15.5. The SMILES string of the molecule is CC(c1ccccn1)N(C)CC(=O)NC(C)(C#N)C1CC1. The molecule has 0 radical (unpaired) electrons. The number of carbonyl (C=O) groups is 1. The number of hydrogen-bond acceptors (Lipinski definition) is 4. The van der Waals surface area contributed by atoms with E-state index < -0.39 is 5.54 Å². The summed E-state index contributed by atoms with van der Waals surface area (Å²) in [4.78, 5) is 18.4. The first kappa shape index (κ1) is 15.5. The van der Waals surface area contributed by atoms with E-state index >= 15 is 0 Å². The van der Waals surface area contributed by atoms with Gasteiger partial charge in [0.1, 0.15) is 5.54 Å². The number of aromatic nitrogens is 1. The summed E-state index contributed by atoms with van der Waals surface area (Å²) in [5.74, 6) is 0.182. The molecule has 1 aliphatic rings. The monoisotopic (exact) mass is 286 g/mol. The van der Waals surface area contributed by atoms with Crippen molar-refractivity contribution in [3.8, 4) is 6.07 Å². The third-order valence-electron chi connectivity index (χ3n) is 4.20. The van der Waals surface area contributed by atoms with E-state index in [4.69, 9.17) is 0 Å². The van der Waals surface area contributed by atoms with Gasteiger partial charge in [-0.2, -0.15) is 5.26 Å².